The lowest BCUT2D eigenvalue weighted by Gasteiger charge is -1.92. The van der Waals surface area contributed by atoms with Gasteiger partial charge >= 0.3 is 8.25 Å². The fourth-order valence-electron chi connectivity index (χ4n) is 0.710. The van der Waals surface area contributed by atoms with E-state index >= 15 is 0 Å². The highest BCUT2D eigenvalue weighted by Gasteiger charge is 2.11. The lowest BCUT2D eigenvalue weighted by Crippen LogP contribution is -1.85. The van der Waals surface area contributed by atoms with Crippen molar-refractivity contribution in [1.29, 1.82) is 0 Å². The van der Waals surface area contributed by atoms with Crippen molar-refractivity contribution in [2.75, 3.05) is 0 Å². The Labute approximate surface area is 96.2 Å². The molecule has 16 heavy (non-hydrogen) atoms. The monoisotopic (exact) mass is 247 g/mol. The lowest BCUT2D eigenvalue weighted by atomic mass is 10.2. The van der Waals surface area contributed by atoms with Crippen LogP contribution in [0.1, 0.15) is 32.3 Å². The highest BCUT2D eigenvalue weighted by atomic mass is 31.1. The molecule has 90 valence electrons. The predicted octanol–water partition coefficient (Wildman–Crippen LogP) is 3.80. The third kappa shape index (κ3) is 8.48. The minimum absolute atomic E-state index is 0.0198. The number of benzene rings is 1. The van der Waals surface area contributed by atoms with E-state index in [1.165, 1.54) is 37.1 Å². The van der Waals surface area contributed by atoms with Gasteiger partial charge in [0, 0.05) is 4.57 Å². The van der Waals surface area contributed by atoms with Crippen molar-refractivity contribution in [2.45, 2.75) is 33.3 Å². The first-order valence-electron chi connectivity index (χ1n) is 5.13. The zero-order chi connectivity index (χ0) is 12.4. The summed E-state index contributed by atoms with van der Waals surface area (Å²) in [7, 11) is -2.58. The molecule has 0 bridgehead atoms. The first-order valence-corrected chi connectivity index (χ1v) is 6.26. The zero-order valence-electron chi connectivity index (χ0n) is 9.52. The molecule has 0 amide bonds. The molecular formula is C11H17FO3P+. The van der Waals surface area contributed by atoms with Crippen molar-refractivity contribution in [3.63, 3.8) is 0 Å². The fraction of sp³-hybridized carbons (Fsp3) is 0.455. The number of halogens is 1. The predicted molar refractivity (Wildman–Crippen MR) is 61.6 cm³/mol. The van der Waals surface area contributed by atoms with Crippen LogP contribution in [0.15, 0.2) is 24.3 Å². The molecule has 0 aliphatic heterocycles. The number of hydrogen-bond acceptors (Lipinski definition) is 2. The zero-order valence-corrected chi connectivity index (χ0v) is 10.4. The van der Waals surface area contributed by atoms with E-state index in [0.717, 1.165) is 0 Å². The standard InChI is InChI=1S/C7H6FO3P.C4H10/c8-7-3-1-6(2-4-7)5-11-12(9)10;1-3-4-2/h1-4H,5H2;3-4H2,1-2H3/p+1. The molecule has 0 saturated heterocycles. The summed E-state index contributed by atoms with van der Waals surface area (Å²) in [6.45, 7) is 4.38. The van der Waals surface area contributed by atoms with Gasteiger partial charge in [0.25, 0.3) is 0 Å². The average Bonchev–Trinajstić information content (AvgIpc) is 2.28. The van der Waals surface area contributed by atoms with E-state index in [4.69, 9.17) is 4.89 Å². The second kappa shape index (κ2) is 9.40. The van der Waals surface area contributed by atoms with Crippen LogP contribution in [0.3, 0.4) is 0 Å². The molecule has 3 nitrogen and oxygen atoms in total. The molecule has 0 radical (unpaired) electrons. The number of rotatable bonds is 4. The molecule has 0 aliphatic carbocycles. The Hall–Kier alpha value is -0.830. The normalized spacial score (nSPS) is 10.4. The molecule has 1 N–H and O–H groups in total. The summed E-state index contributed by atoms with van der Waals surface area (Å²) in [6, 6.07) is 5.52. The van der Waals surface area contributed by atoms with Gasteiger partial charge in [0.2, 0.25) is 0 Å². The van der Waals surface area contributed by atoms with Gasteiger partial charge in [-0.1, -0.05) is 38.8 Å². The molecule has 1 atom stereocenters. The van der Waals surface area contributed by atoms with Gasteiger partial charge in [-0.15, -0.1) is 9.42 Å². The van der Waals surface area contributed by atoms with Crippen LogP contribution in [-0.2, 0) is 15.7 Å². The highest BCUT2D eigenvalue weighted by Crippen LogP contribution is 2.17. The fourth-order valence-corrected chi connectivity index (χ4v) is 0.970. The van der Waals surface area contributed by atoms with Crippen LogP contribution in [0.25, 0.3) is 0 Å². The SMILES string of the molecule is CCCC.O=[P+](O)OCc1ccc(F)cc1. The summed E-state index contributed by atoms with van der Waals surface area (Å²) in [5.74, 6) is -0.341. The van der Waals surface area contributed by atoms with Crippen LogP contribution in [0.2, 0.25) is 0 Å². The maximum Gasteiger partial charge on any atom is 0.695 e. The maximum absolute atomic E-state index is 12.3. The smallest absolute Gasteiger partial charge is 0.207 e. The van der Waals surface area contributed by atoms with E-state index < -0.39 is 8.25 Å². The average molecular weight is 247 g/mol. The molecule has 0 fully saturated rings. The Bertz CT molecular complexity index is 299. The lowest BCUT2D eigenvalue weighted by molar-refractivity contribution is 0.272. The van der Waals surface area contributed by atoms with Crippen molar-refractivity contribution in [3.05, 3.63) is 35.6 Å². The van der Waals surface area contributed by atoms with E-state index in [1.807, 2.05) is 0 Å². The van der Waals surface area contributed by atoms with Crippen LogP contribution in [0.4, 0.5) is 4.39 Å². The summed E-state index contributed by atoms with van der Waals surface area (Å²) in [5, 5.41) is 0. The molecule has 0 aliphatic rings. The highest BCUT2D eigenvalue weighted by molar-refractivity contribution is 7.32. The Morgan fingerprint density at radius 1 is 1.25 bits per heavy atom. The Balaban J connectivity index is 0.000000487. The van der Waals surface area contributed by atoms with Crippen LogP contribution in [-0.4, -0.2) is 4.89 Å². The van der Waals surface area contributed by atoms with E-state index in [0.29, 0.717) is 5.56 Å². The van der Waals surface area contributed by atoms with Crippen molar-refractivity contribution < 1.29 is 18.4 Å². The quantitative estimate of drug-likeness (QED) is 0.823. The molecule has 1 aromatic carbocycles. The Kier molecular flexibility index (Phi) is 8.91. The van der Waals surface area contributed by atoms with Crippen molar-refractivity contribution in [1.82, 2.24) is 0 Å². The molecule has 5 heteroatoms. The number of hydrogen-bond donors (Lipinski definition) is 1. The first kappa shape index (κ1) is 15.2. The van der Waals surface area contributed by atoms with Gasteiger partial charge in [-0.2, -0.15) is 0 Å². The van der Waals surface area contributed by atoms with Crippen LogP contribution in [0.5, 0.6) is 0 Å². The third-order valence-electron chi connectivity index (χ3n) is 1.75. The molecule has 1 rings (SSSR count). The summed E-state index contributed by atoms with van der Waals surface area (Å²) in [5.41, 5.74) is 0.661. The molecule has 0 saturated carbocycles. The summed E-state index contributed by atoms with van der Waals surface area (Å²) >= 11 is 0. The van der Waals surface area contributed by atoms with Crippen LogP contribution in [0, 0.1) is 5.82 Å². The molecule has 1 aromatic rings. The van der Waals surface area contributed by atoms with E-state index in [-0.39, 0.29) is 12.4 Å². The van der Waals surface area contributed by atoms with Gasteiger partial charge in [0.05, 0.1) is 0 Å². The van der Waals surface area contributed by atoms with E-state index in [1.54, 1.807) is 0 Å². The van der Waals surface area contributed by atoms with Gasteiger partial charge in [-0.3, -0.25) is 0 Å². The molecular weight excluding hydrogens is 230 g/mol. The Morgan fingerprint density at radius 3 is 2.12 bits per heavy atom. The molecule has 0 spiro atoms. The molecule has 1 unspecified atom stereocenters. The minimum atomic E-state index is -2.58. The third-order valence-corrected chi connectivity index (χ3v) is 2.10. The topological polar surface area (TPSA) is 46.5 Å². The maximum atomic E-state index is 12.3. The van der Waals surface area contributed by atoms with Crippen molar-refractivity contribution in [3.8, 4) is 0 Å². The van der Waals surface area contributed by atoms with Gasteiger partial charge in [0.1, 0.15) is 12.4 Å². The van der Waals surface area contributed by atoms with Crippen LogP contribution >= 0.6 is 8.25 Å². The van der Waals surface area contributed by atoms with Crippen molar-refractivity contribution >= 4 is 8.25 Å². The van der Waals surface area contributed by atoms with Gasteiger partial charge < -0.3 is 0 Å². The van der Waals surface area contributed by atoms with E-state index in [9.17, 15) is 8.96 Å². The first-order chi connectivity index (χ1) is 7.60. The summed E-state index contributed by atoms with van der Waals surface area (Å²) in [4.78, 5) is 8.28. The second-order valence-electron chi connectivity index (χ2n) is 3.14. The summed E-state index contributed by atoms with van der Waals surface area (Å²) in [6.07, 6.45) is 2.64. The van der Waals surface area contributed by atoms with Gasteiger partial charge in [0.15, 0.2) is 0 Å². The molecule has 0 heterocycles. The largest absolute Gasteiger partial charge is 0.695 e. The van der Waals surface area contributed by atoms with Gasteiger partial charge in [-0.05, 0) is 17.7 Å². The molecule has 0 aromatic heterocycles. The minimum Gasteiger partial charge on any atom is -0.207 e. The van der Waals surface area contributed by atoms with Crippen LogP contribution < -0.4 is 0 Å². The number of unbranched alkanes of at least 4 members (excludes halogenated alkanes) is 1. The summed E-state index contributed by atoms with van der Waals surface area (Å²) < 4.78 is 26.8. The second-order valence-corrected chi connectivity index (χ2v) is 3.87. The Morgan fingerprint density at radius 2 is 1.75 bits per heavy atom. The van der Waals surface area contributed by atoms with Crippen molar-refractivity contribution in [2.24, 2.45) is 0 Å². The van der Waals surface area contributed by atoms with Gasteiger partial charge in [-0.25, -0.2) is 4.39 Å². The van der Waals surface area contributed by atoms with E-state index in [2.05, 4.69) is 18.4 Å².